The van der Waals surface area contributed by atoms with Crippen molar-refractivity contribution in [1.29, 1.82) is 0 Å². The first-order valence-corrected chi connectivity index (χ1v) is 8.08. The molecule has 1 atom stereocenters. The first kappa shape index (κ1) is 16.3. The fourth-order valence-electron chi connectivity index (χ4n) is 2.05. The van der Waals surface area contributed by atoms with E-state index in [1.165, 1.54) is 11.8 Å². The molecule has 0 saturated heterocycles. The summed E-state index contributed by atoms with van der Waals surface area (Å²) >= 11 is 1.38. The molecular weight excluding hydrogens is 296 g/mol. The third kappa shape index (κ3) is 4.21. The summed E-state index contributed by atoms with van der Waals surface area (Å²) in [6, 6.07) is 9.88. The molecular formula is C16H20N4OS. The van der Waals surface area contributed by atoms with E-state index < -0.39 is 0 Å². The molecule has 1 heterocycles. The normalized spacial score (nSPS) is 11.9. The summed E-state index contributed by atoms with van der Waals surface area (Å²) in [5, 5.41) is 11.8. The Morgan fingerprint density at radius 2 is 2.14 bits per heavy atom. The summed E-state index contributed by atoms with van der Waals surface area (Å²) in [4.78, 5) is 12.1. The standard InChI is InChI=1S/C16H20N4OS/c1-4-10-20-13(3)18-19-16(20)22-11-15(21)17-12(2)14-8-6-5-7-9-14/h4-9,12H,1,10-11H2,2-3H3,(H,17,21)/t12-/m1/s1. The molecule has 5 nitrogen and oxygen atoms in total. The molecule has 0 bridgehead atoms. The summed E-state index contributed by atoms with van der Waals surface area (Å²) in [6.45, 7) is 8.22. The van der Waals surface area contributed by atoms with E-state index in [4.69, 9.17) is 0 Å². The molecule has 1 aromatic heterocycles. The van der Waals surface area contributed by atoms with Crippen LogP contribution in [0.5, 0.6) is 0 Å². The maximum atomic E-state index is 12.1. The van der Waals surface area contributed by atoms with Crippen LogP contribution in [-0.2, 0) is 11.3 Å². The quantitative estimate of drug-likeness (QED) is 0.630. The number of aryl methyl sites for hydroxylation is 1. The minimum atomic E-state index is -0.0211. The van der Waals surface area contributed by atoms with Gasteiger partial charge in [-0.3, -0.25) is 4.79 Å². The second-order valence-corrected chi connectivity index (χ2v) is 5.86. The van der Waals surface area contributed by atoms with Gasteiger partial charge >= 0.3 is 0 Å². The van der Waals surface area contributed by atoms with E-state index in [9.17, 15) is 4.79 Å². The highest BCUT2D eigenvalue weighted by Gasteiger charge is 2.13. The summed E-state index contributed by atoms with van der Waals surface area (Å²) in [5.74, 6) is 1.11. The number of amides is 1. The lowest BCUT2D eigenvalue weighted by Gasteiger charge is -2.14. The molecule has 1 aromatic carbocycles. The van der Waals surface area contributed by atoms with Crippen molar-refractivity contribution in [3.63, 3.8) is 0 Å². The molecule has 116 valence electrons. The van der Waals surface area contributed by atoms with Gasteiger partial charge in [0.2, 0.25) is 5.91 Å². The van der Waals surface area contributed by atoms with Gasteiger partial charge in [-0.25, -0.2) is 0 Å². The van der Waals surface area contributed by atoms with E-state index in [-0.39, 0.29) is 11.9 Å². The van der Waals surface area contributed by atoms with Gasteiger partial charge in [0.1, 0.15) is 5.82 Å². The van der Waals surface area contributed by atoms with Crippen LogP contribution in [-0.4, -0.2) is 26.4 Å². The highest BCUT2D eigenvalue weighted by molar-refractivity contribution is 7.99. The molecule has 22 heavy (non-hydrogen) atoms. The van der Waals surface area contributed by atoms with Gasteiger partial charge in [-0.05, 0) is 19.4 Å². The molecule has 0 radical (unpaired) electrons. The first-order valence-electron chi connectivity index (χ1n) is 7.09. The largest absolute Gasteiger partial charge is 0.349 e. The number of benzene rings is 1. The Labute approximate surface area is 134 Å². The Morgan fingerprint density at radius 3 is 2.82 bits per heavy atom. The number of carbonyl (C=O) groups excluding carboxylic acids is 1. The number of hydrogen-bond acceptors (Lipinski definition) is 4. The molecule has 2 rings (SSSR count). The minimum absolute atomic E-state index is 0.0120. The Balaban J connectivity index is 1.89. The molecule has 6 heteroatoms. The van der Waals surface area contributed by atoms with Crippen molar-refractivity contribution in [2.24, 2.45) is 0 Å². The molecule has 0 aliphatic heterocycles. The molecule has 0 unspecified atom stereocenters. The van der Waals surface area contributed by atoms with E-state index in [2.05, 4.69) is 22.1 Å². The number of rotatable bonds is 7. The zero-order valence-electron chi connectivity index (χ0n) is 12.8. The highest BCUT2D eigenvalue weighted by Crippen LogP contribution is 2.17. The van der Waals surface area contributed by atoms with Crippen LogP contribution in [0.25, 0.3) is 0 Å². The number of carbonyl (C=O) groups is 1. The van der Waals surface area contributed by atoms with Crippen molar-refractivity contribution < 1.29 is 4.79 Å². The zero-order chi connectivity index (χ0) is 15.9. The van der Waals surface area contributed by atoms with E-state index >= 15 is 0 Å². The number of aromatic nitrogens is 3. The van der Waals surface area contributed by atoms with Crippen molar-refractivity contribution in [2.45, 2.75) is 31.6 Å². The maximum Gasteiger partial charge on any atom is 0.230 e. The van der Waals surface area contributed by atoms with Gasteiger partial charge in [0.25, 0.3) is 0 Å². The van der Waals surface area contributed by atoms with Gasteiger partial charge < -0.3 is 9.88 Å². The molecule has 0 spiro atoms. The van der Waals surface area contributed by atoms with Crippen LogP contribution >= 0.6 is 11.8 Å². The molecule has 1 N–H and O–H groups in total. The van der Waals surface area contributed by atoms with Crippen LogP contribution in [0, 0.1) is 6.92 Å². The van der Waals surface area contributed by atoms with Crippen molar-refractivity contribution in [2.75, 3.05) is 5.75 Å². The van der Waals surface area contributed by atoms with Gasteiger partial charge in [0.15, 0.2) is 5.16 Å². The molecule has 0 aliphatic carbocycles. The number of nitrogens with zero attached hydrogens (tertiary/aromatic N) is 3. The summed E-state index contributed by atoms with van der Waals surface area (Å²) in [5.41, 5.74) is 1.09. The van der Waals surface area contributed by atoms with Gasteiger partial charge in [-0.15, -0.1) is 16.8 Å². The first-order chi connectivity index (χ1) is 10.6. The fourth-order valence-corrected chi connectivity index (χ4v) is 2.85. The second kappa shape index (κ2) is 7.79. The predicted molar refractivity (Wildman–Crippen MR) is 88.7 cm³/mol. The molecule has 0 fully saturated rings. The smallest absolute Gasteiger partial charge is 0.230 e. The Bertz CT molecular complexity index is 639. The van der Waals surface area contributed by atoms with Crippen molar-refractivity contribution in [3.05, 3.63) is 54.4 Å². The van der Waals surface area contributed by atoms with Crippen LogP contribution in [0.15, 0.2) is 48.1 Å². The predicted octanol–water partition coefficient (Wildman–Crippen LogP) is 2.74. The number of allylic oxidation sites excluding steroid dienone is 1. The lowest BCUT2D eigenvalue weighted by atomic mass is 10.1. The third-order valence-corrected chi connectivity index (χ3v) is 4.19. The van der Waals surface area contributed by atoms with Crippen molar-refractivity contribution >= 4 is 17.7 Å². The van der Waals surface area contributed by atoms with Crippen molar-refractivity contribution in [3.8, 4) is 0 Å². The van der Waals surface area contributed by atoms with E-state index in [1.807, 2.05) is 48.7 Å². The average molecular weight is 316 g/mol. The van der Waals surface area contributed by atoms with Crippen LogP contribution in [0.3, 0.4) is 0 Å². The van der Waals surface area contributed by atoms with Crippen LogP contribution < -0.4 is 5.32 Å². The van der Waals surface area contributed by atoms with Crippen LogP contribution in [0.2, 0.25) is 0 Å². The topological polar surface area (TPSA) is 59.8 Å². The maximum absolute atomic E-state index is 12.1. The lowest BCUT2D eigenvalue weighted by molar-refractivity contribution is -0.119. The lowest BCUT2D eigenvalue weighted by Crippen LogP contribution is -2.28. The molecule has 2 aromatic rings. The van der Waals surface area contributed by atoms with E-state index in [1.54, 1.807) is 6.08 Å². The SMILES string of the molecule is C=CCn1c(C)nnc1SCC(=O)N[C@H](C)c1ccccc1. The van der Waals surface area contributed by atoms with E-state index in [0.29, 0.717) is 12.3 Å². The average Bonchev–Trinajstić information content (AvgIpc) is 2.87. The van der Waals surface area contributed by atoms with Crippen LogP contribution in [0.1, 0.15) is 24.4 Å². The summed E-state index contributed by atoms with van der Waals surface area (Å²) in [7, 11) is 0. The third-order valence-electron chi connectivity index (χ3n) is 3.22. The molecule has 0 aliphatic rings. The fraction of sp³-hybridized carbons (Fsp3) is 0.312. The summed E-state index contributed by atoms with van der Waals surface area (Å²) < 4.78 is 1.94. The summed E-state index contributed by atoms with van der Waals surface area (Å²) in [6.07, 6.45) is 1.79. The second-order valence-electron chi connectivity index (χ2n) is 4.92. The highest BCUT2D eigenvalue weighted by atomic mass is 32.2. The number of hydrogen-bond donors (Lipinski definition) is 1. The number of thioether (sulfide) groups is 1. The monoisotopic (exact) mass is 316 g/mol. The Hall–Kier alpha value is -2.08. The number of nitrogens with one attached hydrogen (secondary N) is 1. The molecule has 0 saturated carbocycles. The van der Waals surface area contributed by atoms with E-state index in [0.717, 1.165) is 16.5 Å². The Morgan fingerprint density at radius 1 is 1.41 bits per heavy atom. The molecule has 1 amide bonds. The zero-order valence-corrected chi connectivity index (χ0v) is 13.6. The van der Waals surface area contributed by atoms with Gasteiger partial charge in [0, 0.05) is 6.54 Å². The van der Waals surface area contributed by atoms with Gasteiger partial charge in [-0.2, -0.15) is 0 Å². The van der Waals surface area contributed by atoms with Crippen LogP contribution in [0.4, 0.5) is 0 Å². The Kier molecular flexibility index (Phi) is 5.77. The van der Waals surface area contributed by atoms with Crippen molar-refractivity contribution in [1.82, 2.24) is 20.1 Å². The van der Waals surface area contributed by atoms with Gasteiger partial charge in [0.05, 0.1) is 11.8 Å². The van der Waals surface area contributed by atoms with Gasteiger partial charge in [-0.1, -0.05) is 48.2 Å². The minimum Gasteiger partial charge on any atom is -0.349 e.